The topological polar surface area (TPSA) is 104 Å². The molecule has 3 aromatic rings. The molecule has 55 heavy (non-hydrogen) atoms. The van der Waals surface area contributed by atoms with Gasteiger partial charge in [0.1, 0.15) is 12.2 Å². The lowest BCUT2D eigenvalue weighted by atomic mass is 9.52. The second-order valence-electron chi connectivity index (χ2n) is 17.1. The Balaban J connectivity index is 0.848. The van der Waals surface area contributed by atoms with E-state index in [9.17, 15) is 14.4 Å². The normalized spacial score (nSPS) is 35.2. The molecule has 4 bridgehead atoms. The molecule has 4 aliphatic heterocycles. The molecule has 10 nitrogen and oxygen atoms in total. The minimum Gasteiger partial charge on any atom is -0.485 e. The molecule has 8 aliphatic rings. The largest absolute Gasteiger partial charge is 0.485 e. The van der Waals surface area contributed by atoms with Gasteiger partial charge in [0.25, 0.3) is 0 Å². The zero-order chi connectivity index (χ0) is 37.5. The van der Waals surface area contributed by atoms with Crippen LogP contribution in [0.15, 0.2) is 72.8 Å². The van der Waals surface area contributed by atoms with E-state index >= 15 is 0 Å². The van der Waals surface area contributed by atoms with Gasteiger partial charge in [-0.2, -0.15) is 0 Å². The molecule has 2 fully saturated rings. The highest BCUT2D eigenvalue weighted by Gasteiger charge is 2.66. The summed E-state index contributed by atoms with van der Waals surface area (Å²) in [5, 5.41) is 0. The van der Waals surface area contributed by atoms with Gasteiger partial charge in [-0.15, -0.1) is 0 Å². The highest BCUT2D eigenvalue weighted by molar-refractivity contribution is 5.95. The molecule has 4 unspecified atom stereocenters. The standard InChI is InChI=1S/C45H44N2O8/c1-23-5-12-29-31-21-27-10-14-33(38-36(27)44(29,40(23)54-38)17-19-46(31)3)52-42(49)25-6-8-26(9-7-25)43(50)53-34-15-11-28-22-32-30-13-16-35(51-24(2)48)41-45(30,18-20-47(32)4)37(28)39(34)55-41/h5-16,23,29-32,35,40-41H,17-22H2,1-4H3/t23?,29?,30?,31-,32-,35?,40+,41+,44+,45+/m1/s1. The lowest BCUT2D eigenvalue weighted by Gasteiger charge is -2.56. The Morgan fingerprint density at radius 2 is 1.16 bits per heavy atom. The number of hydrogen-bond acceptors (Lipinski definition) is 10. The predicted molar refractivity (Wildman–Crippen MR) is 201 cm³/mol. The van der Waals surface area contributed by atoms with Crippen molar-refractivity contribution in [3.05, 3.63) is 106 Å². The van der Waals surface area contributed by atoms with Crippen LogP contribution in [0.2, 0.25) is 0 Å². The summed E-state index contributed by atoms with van der Waals surface area (Å²) in [5.41, 5.74) is 4.86. The van der Waals surface area contributed by atoms with E-state index in [-0.39, 0.29) is 40.3 Å². The third-order valence-corrected chi connectivity index (χ3v) is 14.6. The molecule has 0 saturated carbocycles. The molecule has 10 heteroatoms. The van der Waals surface area contributed by atoms with Crippen LogP contribution < -0.4 is 18.9 Å². The van der Waals surface area contributed by atoms with Crippen LogP contribution in [-0.2, 0) is 33.2 Å². The van der Waals surface area contributed by atoms with Crippen LogP contribution in [-0.4, -0.2) is 85.3 Å². The van der Waals surface area contributed by atoms with Gasteiger partial charge in [-0.05, 0) is 106 Å². The average molecular weight is 741 g/mol. The summed E-state index contributed by atoms with van der Waals surface area (Å²) in [4.78, 5) is 44.3. The van der Waals surface area contributed by atoms with Crippen LogP contribution in [0, 0.1) is 17.8 Å². The van der Waals surface area contributed by atoms with Gasteiger partial charge in [-0.3, -0.25) is 4.79 Å². The van der Waals surface area contributed by atoms with Gasteiger partial charge in [-0.1, -0.05) is 37.3 Å². The third-order valence-electron chi connectivity index (χ3n) is 14.6. The van der Waals surface area contributed by atoms with Crippen LogP contribution in [0.3, 0.4) is 0 Å². The number of nitrogens with zero attached hydrogens (tertiary/aromatic N) is 2. The molecule has 0 N–H and O–H groups in total. The Morgan fingerprint density at radius 3 is 1.69 bits per heavy atom. The molecule has 0 amide bonds. The van der Waals surface area contributed by atoms with Gasteiger partial charge < -0.3 is 33.5 Å². The first-order chi connectivity index (χ1) is 26.6. The quantitative estimate of drug-likeness (QED) is 0.187. The smallest absolute Gasteiger partial charge is 0.343 e. The van der Waals surface area contributed by atoms with E-state index in [0.29, 0.717) is 46.6 Å². The summed E-state index contributed by atoms with van der Waals surface area (Å²) in [6.45, 7) is 5.53. The van der Waals surface area contributed by atoms with Gasteiger partial charge in [0.05, 0.1) is 11.1 Å². The number of likely N-dealkylation sites (tertiary alicyclic amines) is 2. The molecule has 4 aliphatic carbocycles. The predicted octanol–water partition coefficient (Wildman–Crippen LogP) is 5.58. The van der Waals surface area contributed by atoms with Crippen molar-refractivity contribution in [2.45, 2.75) is 80.8 Å². The maximum atomic E-state index is 13.7. The summed E-state index contributed by atoms with van der Waals surface area (Å²) in [7, 11) is 4.39. The molecule has 282 valence electrons. The molecular weight excluding hydrogens is 697 g/mol. The monoisotopic (exact) mass is 740 g/mol. The molecule has 4 heterocycles. The summed E-state index contributed by atoms with van der Waals surface area (Å²) in [6, 6.07) is 14.9. The molecule has 10 atom stereocenters. The summed E-state index contributed by atoms with van der Waals surface area (Å²) in [6.07, 6.45) is 11.5. The number of esters is 3. The number of carbonyl (C=O) groups is 3. The molecule has 0 radical (unpaired) electrons. The van der Waals surface area contributed by atoms with Crippen molar-refractivity contribution in [1.82, 2.24) is 9.80 Å². The highest BCUT2D eigenvalue weighted by atomic mass is 16.6. The number of ether oxygens (including phenoxy) is 5. The maximum absolute atomic E-state index is 13.7. The first-order valence-corrected chi connectivity index (χ1v) is 19.7. The second-order valence-corrected chi connectivity index (χ2v) is 17.1. The van der Waals surface area contributed by atoms with Crippen molar-refractivity contribution in [3.8, 4) is 23.0 Å². The highest BCUT2D eigenvalue weighted by Crippen LogP contribution is 2.64. The lowest BCUT2D eigenvalue weighted by Crippen LogP contribution is -2.65. The molecule has 2 spiro atoms. The Bertz CT molecular complexity index is 2260. The minimum absolute atomic E-state index is 0.00180. The van der Waals surface area contributed by atoms with E-state index < -0.39 is 24.1 Å². The number of carbonyl (C=O) groups excluding carboxylic acids is 3. The van der Waals surface area contributed by atoms with Gasteiger partial charge in [-0.25, -0.2) is 9.59 Å². The van der Waals surface area contributed by atoms with Crippen molar-refractivity contribution < 1.29 is 38.1 Å². The fourth-order valence-electron chi connectivity index (χ4n) is 12.2. The fraction of sp³-hybridized carbons (Fsp3) is 0.444. The molecule has 3 aromatic carbocycles. The van der Waals surface area contributed by atoms with E-state index in [4.69, 9.17) is 23.7 Å². The number of likely N-dealkylation sites (N-methyl/N-ethyl adjacent to an activating group) is 2. The Hall–Kier alpha value is -4.93. The SMILES string of the molecule is CC(=O)OC1C=CC2[C@H]3Cc4ccc(OC(=O)c5ccc(C(=O)Oc6ccc7c8c6O[C@H]6C(C)C=CC9[C@@H](C7)N(C)CC[C@@]896)cc5)c5c4[C@@]2(CCN3C)[C@H]1O5. The van der Waals surface area contributed by atoms with Crippen LogP contribution in [0.4, 0.5) is 0 Å². The Labute approximate surface area is 320 Å². The molecule has 0 aromatic heterocycles. The summed E-state index contributed by atoms with van der Waals surface area (Å²) < 4.78 is 31.4. The van der Waals surface area contributed by atoms with E-state index in [1.165, 1.54) is 23.6 Å². The first kappa shape index (κ1) is 33.4. The van der Waals surface area contributed by atoms with Crippen LogP contribution >= 0.6 is 0 Å². The third kappa shape index (κ3) is 4.41. The van der Waals surface area contributed by atoms with E-state index in [1.54, 1.807) is 30.3 Å². The van der Waals surface area contributed by atoms with Crippen molar-refractivity contribution in [2.24, 2.45) is 17.8 Å². The Kier molecular flexibility index (Phi) is 7.02. The maximum Gasteiger partial charge on any atom is 0.343 e. The van der Waals surface area contributed by atoms with E-state index in [1.807, 2.05) is 18.2 Å². The van der Waals surface area contributed by atoms with Gasteiger partial charge >= 0.3 is 17.9 Å². The molecule has 2 saturated heterocycles. The first-order valence-electron chi connectivity index (χ1n) is 19.7. The van der Waals surface area contributed by atoms with Crippen molar-refractivity contribution >= 4 is 17.9 Å². The number of benzene rings is 3. The van der Waals surface area contributed by atoms with Crippen molar-refractivity contribution in [2.75, 3.05) is 27.2 Å². The van der Waals surface area contributed by atoms with Crippen LogP contribution in [0.25, 0.3) is 0 Å². The van der Waals surface area contributed by atoms with Gasteiger partial charge in [0, 0.05) is 58.7 Å². The zero-order valence-corrected chi connectivity index (χ0v) is 31.5. The fourth-order valence-corrected chi connectivity index (χ4v) is 12.2. The molecule has 11 rings (SSSR count). The average Bonchev–Trinajstić information content (AvgIpc) is 3.72. The summed E-state index contributed by atoms with van der Waals surface area (Å²) >= 11 is 0. The van der Waals surface area contributed by atoms with Crippen molar-refractivity contribution in [3.63, 3.8) is 0 Å². The van der Waals surface area contributed by atoms with Crippen LogP contribution in [0.5, 0.6) is 23.0 Å². The molecular formula is C45H44N2O8. The summed E-state index contributed by atoms with van der Waals surface area (Å²) in [5.74, 6) is 1.36. The van der Waals surface area contributed by atoms with E-state index in [0.717, 1.165) is 44.3 Å². The van der Waals surface area contributed by atoms with E-state index in [2.05, 4.69) is 55.1 Å². The Morgan fingerprint density at radius 1 is 0.673 bits per heavy atom. The number of piperidine rings is 2. The van der Waals surface area contributed by atoms with Crippen molar-refractivity contribution in [1.29, 1.82) is 0 Å². The van der Waals surface area contributed by atoms with Gasteiger partial charge in [0.15, 0.2) is 29.1 Å². The minimum atomic E-state index is -0.567. The van der Waals surface area contributed by atoms with Gasteiger partial charge in [0.2, 0.25) is 0 Å². The number of hydrogen-bond donors (Lipinski definition) is 0. The lowest BCUT2D eigenvalue weighted by molar-refractivity contribution is -0.152. The second kappa shape index (κ2) is 11.6. The zero-order valence-electron chi connectivity index (χ0n) is 31.5. The van der Waals surface area contributed by atoms with Crippen LogP contribution in [0.1, 0.15) is 69.7 Å². The number of rotatable bonds is 5.